The van der Waals surface area contributed by atoms with Gasteiger partial charge < -0.3 is 5.32 Å². The molecular weight excluding hydrogens is 122 g/mol. The largest absolute Gasteiger partial charge is 0.312 e. The molecule has 1 N–H and O–H groups in total. The molecule has 10 heavy (non-hydrogen) atoms. The summed E-state index contributed by atoms with van der Waals surface area (Å²) in [5, 5.41) is 3.51. The number of rotatable bonds is 4. The molecule has 60 valence electrons. The molecule has 1 rings (SSSR count). The van der Waals surface area contributed by atoms with E-state index in [1.54, 1.807) is 0 Å². The van der Waals surface area contributed by atoms with Gasteiger partial charge in [-0.05, 0) is 19.3 Å². The highest BCUT2D eigenvalue weighted by Crippen LogP contribution is 2.33. The zero-order chi connectivity index (χ0) is 7.56. The van der Waals surface area contributed by atoms with Crippen LogP contribution in [0.4, 0.5) is 0 Å². The van der Waals surface area contributed by atoms with Crippen LogP contribution in [-0.2, 0) is 0 Å². The van der Waals surface area contributed by atoms with Crippen LogP contribution >= 0.6 is 0 Å². The van der Waals surface area contributed by atoms with E-state index in [1.165, 1.54) is 19.3 Å². The second-order valence-electron chi connectivity index (χ2n) is 3.90. The highest BCUT2D eigenvalue weighted by atomic mass is 14.9. The molecule has 1 aliphatic carbocycles. The van der Waals surface area contributed by atoms with Gasteiger partial charge in [0.05, 0.1) is 0 Å². The Kier molecular flexibility index (Phi) is 2.72. The molecular formula is C9H19N. The van der Waals surface area contributed by atoms with Crippen molar-refractivity contribution in [2.24, 2.45) is 5.92 Å². The average molecular weight is 141 g/mol. The molecule has 1 atom stereocenters. The van der Waals surface area contributed by atoms with Crippen molar-refractivity contribution in [2.75, 3.05) is 0 Å². The summed E-state index contributed by atoms with van der Waals surface area (Å²) in [7, 11) is 0. The first-order valence-electron chi connectivity index (χ1n) is 4.44. The van der Waals surface area contributed by atoms with Crippen molar-refractivity contribution in [2.45, 2.75) is 52.1 Å². The molecule has 0 amide bonds. The van der Waals surface area contributed by atoms with E-state index in [1.807, 2.05) is 0 Å². The Hall–Kier alpha value is -0.0400. The van der Waals surface area contributed by atoms with Gasteiger partial charge in [-0.25, -0.2) is 0 Å². The van der Waals surface area contributed by atoms with E-state index < -0.39 is 0 Å². The Morgan fingerprint density at radius 2 is 1.90 bits per heavy atom. The van der Waals surface area contributed by atoms with Crippen LogP contribution in [0.15, 0.2) is 0 Å². The van der Waals surface area contributed by atoms with E-state index in [2.05, 4.69) is 26.1 Å². The Balaban J connectivity index is 2.02. The van der Waals surface area contributed by atoms with Crippen molar-refractivity contribution >= 4 is 0 Å². The number of nitrogens with one attached hydrogen (secondary N) is 1. The zero-order valence-corrected chi connectivity index (χ0v) is 7.35. The highest BCUT2D eigenvalue weighted by Gasteiger charge is 2.23. The summed E-state index contributed by atoms with van der Waals surface area (Å²) >= 11 is 0. The van der Waals surface area contributed by atoms with Crippen LogP contribution in [0, 0.1) is 5.92 Å². The van der Waals surface area contributed by atoms with Crippen LogP contribution in [0.5, 0.6) is 0 Å². The lowest BCUT2D eigenvalue weighted by Gasteiger charge is -2.15. The van der Waals surface area contributed by atoms with Crippen molar-refractivity contribution < 1.29 is 0 Å². The van der Waals surface area contributed by atoms with Crippen molar-refractivity contribution in [3.8, 4) is 0 Å². The van der Waals surface area contributed by atoms with E-state index in [9.17, 15) is 0 Å². The lowest BCUT2D eigenvalue weighted by Crippen LogP contribution is -2.32. The molecule has 0 aromatic heterocycles. The fourth-order valence-electron chi connectivity index (χ4n) is 1.49. The summed E-state index contributed by atoms with van der Waals surface area (Å²) in [6.45, 7) is 6.71. The van der Waals surface area contributed by atoms with Crippen LogP contribution in [0.25, 0.3) is 0 Å². The number of hydrogen-bond acceptors (Lipinski definition) is 1. The first kappa shape index (κ1) is 8.06. The molecule has 0 radical (unpaired) electrons. The Morgan fingerprint density at radius 1 is 1.30 bits per heavy atom. The molecule has 0 spiro atoms. The maximum absolute atomic E-state index is 3.51. The molecule has 1 fully saturated rings. The van der Waals surface area contributed by atoms with Crippen molar-refractivity contribution in [1.82, 2.24) is 5.32 Å². The van der Waals surface area contributed by atoms with Gasteiger partial charge in [-0.2, -0.15) is 0 Å². The molecule has 0 unspecified atom stereocenters. The minimum Gasteiger partial charge on any atom is -0.312 e. The van der Waals surface area contributed by atoms with Gasteiger partial charge in [0.1, 0.15) is 0 Å². The van der Waals surface area contributed by atoms with E-state index in [0.29, 0.717) is 6.04 Å². The summed E-state index contributed by atoms with van der Waals surface area (Å²) in [5.74, 6) is 1.06. The van der Waals surface area contributed by atoms with Gasteiger partial charge in [0.2, 0.25) is 0 Å². The van der Waals surface area contributed by atoms with Crippen LogP contribution < -0.4 is 5.32 Å². The molecule has 0 aromatic carbocycles. The second-order valence-corrected chi connectivity index (χ2v) is 3.90. The lowest BCUT2D eigenvalue weighted by molar-refractivity contribution is 0.447. The minimum atomic E-state index is 0.647. The molecule has 1 nitrogen and oxygen atoms in total. The van der Waals surface area contributed by atoms with Gasteiger partial charge >= 0.3 is 0 Å². The third kappa shape index (κ3) is 3.21. The summed E-state index contributed by atoms with van der Waals surface area (Å²) in [6, 6.07) is 1.38. The van der Waals surface area contributed by atoms with Crippen LogP contribution in [0.1, 0.15) is 40.0 Å². The minimum absolute atomic E-state index is 0.647. The second kappa shape index (κ2) is 3.38. The van der Waals surface area contributed by atoms with Gasteiger partial charge in [-0.15, -0.1) is 0 Å². The van der Waals surface area contributed by atoms with Gasteiger partial charge in [0, 0.05) is 12.1 Å². The maximum atomic E-state index is 3.51. The zero-order valence-electron chi connectivity index (χ0n) is 7.35. The van der Waals surface area contributed by atoms with Crippen LogP contribution in [-0.4, -0.2) is 12.1 Å². The van der Waals surface area contributed by atoms with Gasteiger partial charge in [-0.3, -0.25) is 0 Å². The standard InChI is InChI=1S/C9H19N/c1-7(2)10-8(3)6-9-4-5-9/h7-10H,4-6H2,1-3H3/t8-/m0/s1. The summed E-state index contributed by atoms with van der Waals surface area (Å²) < 4.78 is 0. The van der Waals surface area contributed by atoms with Gasteiger partial charge in [0.15, 0.2) is 0 Å². The smallest absolute Gasteiger partial charge is 0.00437 e. The summed E-state index contributed by atoms with van der Waals surface area (Å²) in [4.78, 5) is 0. The van der Waals surface area contributed by atoms with E-state index in [-0.39, 0.29) is 0 Å². The SMILES string of the molecule is CC(C)N[C@@H](C)CC1CC1. The quantitative estimate of drug-likeness (QED) is 0.632. The first-order chi connectivity index (χ1) is 4.68. The van der Waals surface area contributed by atoms with E-state index >= 15 is 0 Å². The van der Waals surface area contributed by atoms with Crippen molar-refractivity contribution in [1.29, 1.82) is 0 Å². The van der Waals surface area contributed by atoms with Crippen molar-refractivity contribution in [3.63, 3.8) is 0 Å². The van der Waals surface area contributed by atoms with E-state index in [4.69, 9.17) is 0 Å². The predicted octanol–water partition coefficient (Wildman–Crippen LogP) is 2.17. The van der Waals surface area contributed by atoms with Crippen LogP contribution in [0.3, 0.4) is 0 Å². The Bertz CT molecular complexity index is 90.9. The molecule has 1 aliphatic rings. The normalized spacial score (nSPS) is 21.6. The molecule has 0 heterocycles. The molecule has 1 saturated carbocycles. The number of hydrogen-bond donors (Lipinski definition) is 1. The third-order valence-electron chi connectivity index (χ3n) is 2.00. The fraction of sp³-hybridized carbons (Fsp3) is 1.00. The predicted molar refractivity (Wildman–Crippen MR) is 45.1 cm³/mol. The third-order valence-corrected chi connectivity index (χ3v) is 2.00. The van der Waals surface area contributed by atoms with Gasteiger partial charge in [-0.1, -0.05) is 26.7 Å². The molecule has 0 bridgehead atoms. The topological polar surface area (TPSA) is 12.0 Å². The molecule has 0 aliphatic heterocycles. The Labute approximate surface area is 64.2 Å². The highest BCUT2D eigenvalue weighted by molar-refractivity contribution is 4.78. The monoisotopic (exact) mass is 141 g/mol. The average Bonchev–Trinajstić information content (AvgIpc) is 2.46. The molecule has 0 aromatic rings. The van der Waals surface area contributed by atoms with Crippen LogP contribution in [0.2, 0.25) is 0 Å². The van der Waals surface area contributed by atoms with Crippen molar-refractivity contribution in [3.05, 3.63) is 0 Å². The maximum Gasteiger partial charge on any atom is 0.00437 e. The molecule has 0 saturated heterocycles. The Morgan fingerprint density at radius 3 is 2.30 bits per heavy atom. The van der Waals surface area contributed by atoms with E-state index in [0.717, 1.165) is 12.0 Å². The fourth-order valence-corrected chi connectivity index (χ4v) is 1.49. The summed E-state index contributed by atoms with van der Waals surface area (Å²) in [5.41, 5.74) is 0. The van der Waals surface area contributed by atoms with Gasteiger partial charge in [0.25, 0.3) is 0 Å². The lowest BCUT2D eigenvalue weighted by atomic mass is 10.1. The molecule has 1 heteroatoms. The summed E-state index contributed by atoms with van der Waals surface area (Å²) in [6.07, 6.45) is 4.34. The first-order valence-corrected chi connectivity index (χ1v) is 4.44.